The third-order valence-electron chi connectivity index (χ3n) is 5.04. The molecule has 0 aliphatic heterocycles. The quantitative estimate of drug-likeness (QED) is 0.838. The first-order valence-electron chi connectivity index (χ1n) is 7.97. The van der Waals surface area contributed by atoms with Crippen molar-refractivity contribution < 1.29 is 5.11 Å². The molecule has 1 aliphatic rings. The highest BCUT2D eigenvalue weighted by molar-refractivity contribution is 5.35. The Morgan fingerprint density at radius 3 is 1.90 bits per heavy atom. The highest BCUT2D eigenvalue weighted by Gasteiger charge is 2.45. The normalized spacial score (nSPS) is 18.3. The van der Waals surface area contributed by atoms with Crippen LogP contribution in [0.5, 0.6) is 0 Å². The van der Waals surface area contributed by atoms with Crippen molar-refractivity contribution in [3.05, 3.63) is 71.3 Å². The predicted octanol–water partition coefficient (Wildman–Crippen LogP) is 4.97. The molecule has 1 atom stereocenters. The Bertz CT molecular complexity index is 579. The molecule has 1 saturated carbocycles. The molecule has 0 spiro atoms. The highest BCUT2D eigenvalue weighted by atomic mass is 16.3. The van der Waals surface area contributed by atoms with E-state index in [1.165, 1.54) is 17.5 Å². The molecule has 1 aliphatic carbocycles. The standard InChI is InChI=1S/C20H24O/c1-15(2)16-9-11-17(12-10-16)19(21)20(13-6-14-20)18-7-4-3-5-8-18/h3-5,7-12,15,19,21H,6,13-14H2,1-2H3. The Morgan fingerprint density at radius 1 is 0.857 bits per heavy atom. The fraction of sp³-hybridized carbons (Fsp3) is 0.400. The third-order valence-corrected chi connectivity index (χ3v) is 5.04. The van der Waals surface area contributed by atoms with Gasteiger partial charge in [0, 0.05) is 5.41 Å². The van der Waals surface area contributed by atoms with E-state index < -0.39 is 6.10 Å². The summed E-state index contributed by atoms with van der Waals surface area (Å²) in [6.45, 7) is 4.39. The van der Waals surface area contributed by atoms with Crippen LogP contribution in [0.1, 0.15) is 61.8 Å². The van der Waals surface area contributed by atoms with Crippen LogP contribution in [-0.4, -0.2) is 5.11 Å². The minimum atomic E-state index is -0.408. The second-order valence-corrected chi connectivity index (χ2v) is 6.60. The van der Waals surface area contributed by atoms with E-state index in [4.69, 9.17) is 0 Å². The summed E-state index contributed by atoms with van der Waals surface area (Å²) in [5.41, 5.74) is 3.56. The number of aliphatic hydroxyl groups excluding tert-OH is 1. The van der Waals surface area contributed by atoms with Gasteiger partial charge >= 0.3 is 0 Å². The van der Waals surface area contributed by atoms with Gasteiger partial charge in [-0.05, 0) is 35.4 Å². The SMILES string of the molecule is CC(C)c1ccc(C(O)C2(c3ccccc3)CCC2)cc1. The van der Waals surface area contributed by atoms with Gasteiger partial charge in [-0.1, -0.05) is 74.9 Å². The van der Waals surface area contributed by atoms with Gasteiger partial charge in [0.15, 0.2) is 0 Å². The van der Waals surface area contributed by atoms with E-state index in [1.807, 2.05) is 6.07 Å². The van der Waals surface area contributed by atoms with Gasteiger partial charge < -0.3 is 5.11 Å². The molecule has 0 bridgehead atoms. The van der Waals surface area contributed by atoms with Crippen LogP contribution in [-0.2, 0) is 5.41 Å². The molecule has 0 saturated heterocycles. The van der Waals surface area contributed by atoms with Gasteiger partial charge in [-0.2, -0.15) is 0 Å². The van der Waals surface area contributed by atoms with E-state index in [0.29, 0.717) is 5.92 Å². The second kappa shape index (κ2) is 5.65. The molecule has 1 unspecified atom stereocenters. The van der Waals surface area contributed by atoms with Gasteiger partial charge in [0.25, 0.3) is 0 Å². The molecular weight excluding hydrogens is 256 g/mol. The molecular formula is C20H24O. The van der Waals surface area contributed by atoms with Crippen molar-refractivity contribution in [1.82, 2.24) is 0 Å². The molecule has 1 N–H and O–H groups in total. The Balaban J connectivity index is 1.91. The van der Waals surface area contributed by atoms with Crippen molar-refractivity contribution in [2.24, 2.45) is 0 Å². The Hall–Kier alpha value is -1.60. The van der Waals surface area contributed by atoms with Crippen molar-refractivity contribution >= 4 is 0 Å². The van der Waals surface area contributed by atoms with E-state index in [2.05, 4.69) is 62.4 Å². The van der Waals surface area contributed by atoms with Crippen LogP contribution >= 0.6 is 0 Å². The molecule has 0 radical (unpaired) electrons. The zero-order chi connectivity index (χ0) is 14.9. The monoisotopic (exact) mass is 280 g/mol. The lowest BCUT2D eigenvalue weighted by Gasteiger charge is -2.46. The summed E-state index contributed by atoms with van der Waals surface area (Å²) >= 11 is 0. The van der Waals surface area contributed by atoms with Crippen LogP contribution in [0, 0.1) is 0 Å². The maximum absolute atomic E-state index is 11.0. The minimum absolute atomic E-state index is 0.0827. The smallest absolute Gasteiger partial charge is 0.0886 e. The van der Waals surface area contributed by atoms with Crippen LogP contribution in [0.3, 0.4) is 0 Å². The van der Waals surface area contributed by atoms with E-state index >= 15 is 0 Å². The molecule has 1 fully saturated rings. The summed E-state index contributed by atoms with van der Waals surface area (Å²) in [4.78, 5) is 0. The topological polar surface area (TPSA) is 20.2 Å². The first-order valence-corrected chi connectivity index (χ1v) is 7.97. The molecule has 2 aromatic rings. The molecule has 0 aromatic heterocycles. The molecule has 1 heteroatoms. The Kier molecular flexibility index (Phi) is 3.86. The van der Waals surface area contributed by atoms with Gasteiger partial charge in [-0.25, -0.2) is 0 Å². The third kappa shape index (κ3) is 2.51. The van der Waals surface area contributed by atoms with Crippen molar-refractivity contribution in [2.75, 3.05) is 0 Å². The maximum atomic E-state index is 11.0. The summed E-state index contributed by atoms with van der Waals surface area (Å²) in [5.74, 6) is 0.531. The fourth-order valence-corrected chi connectivity index (χ4v) is 3.43. The maximum Gasteiger partial charge on any atom is 0.0886 e. The van der Waals surface area contributed by atoms with Gasteiger partial charge in [0.2, 0.25) is 0 Å². The van der Waals surface area contributed by atoms with Crippen molar-refractivity contribution in [2.45, 2.75) is 50.5 Å². The molecule has 0 heterocycles. The lowest BCUT2D eigenvalue weighted by Crippen LogP contribution is -2.40. The molecule has 0 amide bonds. The first kappa shape index (κ1) is 14.3. The fourth-order valence-electron chi connectivity index (χ4n) is 3.43. The number of rotatable bonds is 4. The summed E-state index contributed by atoms with van der Waals surface area (Å²) in [7, 11) is 0. The largest absolute Gasteiger partial charge is 0.387 e. The van der Waals surface area contributed by atoms with Crippen molar-refractivity contribution in [1.29, 1.82) is 0 Å². The van der Waals surface area contributed by atoms with Crippen LogP contribution in [0.2, 0.25) is 0 Å². The highest BCUT2D eigenvalue weighted by Crippen LogP contribution is 2.52. The Morgan fingerprint density at radius 2 is 1.43 bits per heavy atom. The average Bonchev–Trinajstić information content (AvgIpc) is 2.47. The van der Waals surface area contributed by atoms with E-state index in [9.17, 15) is 5.11 Å². The zero-order valence-electron chi connectivity index (χ0n) is 12.9. The molecule has 21 heavy (non-hydrogen) atoms. The lowest BCUT2D eigenvalue weighted by molar-refractivity contribution is 0.0268. The molecule has 3 rings (SSSR count). The van der Waals surface area contributed by atoms with Crippen LogP contribution in [0.25, 0.3) is 0 Å². The molecule has 2 aromatic carbocycles. The summed E-state index contributed by atoms with van der Waals surface area (Å²) in [5, 5.41) is 11.0. The van der Waals surface area contributed by atoms with Gasteiger partial charge in [0.1, 0.15) is 0 Å². The summed E-state index contributed by atoms with van der Waals surface area (Å²) in [6.07, 6.45) is 2.94. The predicted molar refractivity (Wildman–Crippen MR) is 87.5 cm³/mol. The van der Waals surface area contributed by atoms with Crippen LogP contribution in [0.15, 0.2) is 54.6 Å². The van der Waals surface area contributed by atoms with Gasteiger partial charge in [-0.3, -0.25) is 0 Å². The van der Waals surface area contributed by atoms with E-state index in [-0.39, 0.29) is 5.41 Å². The number of hydrogen-bond donors (Lipinski definition) is 1. The van der Waals surface area contributed by atoms with Crippen LogP contribution < -0.4 is 0 Å². The number of hydrogen-bond acceptors (Lipinski definition) is 1. The summed E-state index contributed by atoms with van der Waals surface area (Å²) in [6, 6.07) is 19.0. The number of benzene rings is 2. The van der Waals surface area contributed by atoms with Crippen molar-refractivity contribution in [3.8, 4) is 0 Å². The van der Waals surface area contributed by atoms with Gasteiger partial charge in [0.05, 0.1) is 6.10 Å². The van der Waals surface area contributed by atoms with Crippen LogP contribution in [0.4, 0.5) is 0 Å². The molecule has 1 nitrogen and oxygen atoms in total. The lowest BCUT2D eigenvalue weighted by atomic mass is 9.60. The van der Waals surface area contributed by atoms with E-state index in [1.54, 1.807) is 0 Å². The van der Waals surface area contributed by atoms with E-state index in [0.717, 1.165) is 18.4 Å². The second-order valence-electron chi connectivity index (χ2n) is 6.60. The van der Waals surface area contributed by atoms with Crippen molar-refractivity contribution in [3.63, 3.8) is 0 Å². The first-order chi connectivity index (χ1) is 10.1. The zero-order valence-corrected chi connectivity index (χ0v) is 12.9. The average molecular weight is 280 g/mol. The number of aliphatic hydroxyl groups is 1. The summed E-state index contributed by atoms with van der Waals surface area (Å²) < 4.78 is 0. The molecule has 110 valence electrons. The van der Waals surface area contributed by atoms with Gasteiger partial charge in [-0.15, -0.1) is 0 Å². The minimum Gasteiger partial charge on any atom is -0.387 e. The Labute approximate surface area is 127 Å².